The van der Waals surface area contributed by atoms with E-state index in [2.05, 4.69) is 46.9 Å². The highest BCUT2D eigenvalue weighted by atomic mass is 127. The van der Waals surface area contributed by atoms with Crippen LogP contribution in [0, 0.1) is 3.57 Å². The van der Waals surface area contributed by atoms with Crippen LogP contribution in [0.5, 0.6) is 0 Å². The van der Waals surface area contributed by atoms with E-state index in [4.69, 9.17) is 17.3 Å². The molecule has 0 bridgehead atoms. The van der Waals surface area contributed by atoms with Gasteiger partial charge in [-0.15, -0.1) is 0 Å². The molecule has 1 unspecified atom stereocenters. The summed E-state index contributed by atoms with van der Waals surface area (Å²) in [5, 5.41) is 0.730. The number of halogens is 2. The maximum atomic E-state index is 6.42. The molecular formula is C15H15ClIN. The van der Waals surface area contributed by atoms with Crippen LogP contribution in [-0.4, -0.2) is 0 Å². The summed E-state index contributed by atoms with van der Waals surface area (Å²) in [6.07, 6.45) is 0.771. The Morgan fingerprint density at radius 1 is 1.11 bits per heavy atom. The molecule has 18 heavy (non-hydrogen) atoms. The second-order valence-electron chi connectivity index (χ2n) is 4.70. The first-order chi connectivity index (χ1) is 8.49. The van der Waals surface area contributed by atoms with Gasteiger partial charge in [-0.25, -0.2) is 0 Å². The molecule has 2 rings (SSSR count). The predicted molar refractivity (Wildman–Crippen MR) is 85.9 cm³/mol. The van der Waals surface area contributed by atoms with Crippen LogP contribution >= 0.6 is 34.2 Å². The van der Waals surface area contributed by atoms with Crippen LogP contribution in [0.1, 0.15) is 18.1 Å². The molecule has 2 N–H and O–H groups in total. The molecule has 94 valence electrons. The van der Waals surface area contributed by atoms with Crippen molar-refractivity contribution in [3.05, 3.63) is 68.3 Å². The van der Waals surface area contributed by atoms with Crippen molar-refractivity contribution < 1.29 is 0 Å². The smallest absolute Gasteiger partial charge is 0.0456 e. The highest BCUT2D eigenvalue weighted by Gasteiger charge is 2.23. The minimum absolute atomic E-state index is 0.453. The van der Waals surface area contributed by atoms with Gasteiger partial charge in [0, 0.05) is 14.1 Å². The van der Waals surface area contributed by atoms with Gasteiger partial charge in [-0.1, -0.05) is 41.9 Å². The first kappa shape index (κ1) is 13.8. The van der Waals surface area contributed by atoms with E-state index in [1.54, 1.807) is 0 Å². The molecule has 1 atom stereocenters. The van der Waals surface area contributed by atoms with E-state index in [-0.39, 0.29) is 0 Å². The van der Waals surface area contributed by atoms with Gasteiger partial charge in [-0.05, 0) is 65.3 Å². The van der Waals surface area contributed by atoms with Crippen molar-refractivity contribution in [3.8, 4) is 0 Å². The van der Waals surface area contributed by atoms with Gasteiger partial charge >= 0.3 is 0 Å². The SMILES string of the molecule is CC(N)(Cc1ccc(I)cc1)c1ccccc1Cl. The maximum absolute atomic E-state index is 6.42. The summed E-state index contributed by atoms with van der Waals surface area (Å²) in [6.45, 7) is 2.02. The summed E-state index contributed by atoms with van der Waals surface area (Å²) in [6, 6.07) is 16.2. The molecule has 2 aromatic carbocycles. The van der Waals surface area contributed by atoms with Gasteiger partial charge in [0.25, 0.3) is 0 Å². The van der Waals surface area contributed by atoms with Gasteiger partial charge in [0.15, 0.2) is 0 Å². The van der Waals surface area contributed by atoms with Gasteiger partial charge in [-0.2, -0.15) is 0 Å². The van der Waals surface area contributed by atoms with E-state index >= 15 is 0 Å². The van der Waals surface area contributed by atoms with E-state index in [1.807, 2.05) is 31.2 Å². The first-order valence-electron chi connectivity index (χ1n) is 5.77. The standard InChI is InChI=1S/C15H15ClIN/c1-15(18,13-4-2-3-5-14(13)16)10-11-6-8-12(17)9-7-11/h2-9H,10,18H2,1H3. The zero-order chi connectivity index (χ0) is 13.2. The second kappa shape index (κ2) is 5.59. The van der Waals surface area contributed by atoms with E-state index in [9.17, 15) is 0 Å². The summed E-state index contributed by atoms with van der Waals surface area (Å²) in [5.41, 5.74) is 8.18. The van der Waals surface area contributed by atoms with E-state index in [0.717, 1.165) is 17.0 Å². The topological polar surface area (TPSA) is 26.0 Å². The average molecular weight is 372 g/mol. The Bertz CT molecular complexity index is 534. The van der Waals surface area contributed by atoms with E-state index in [0.29, 0.717) is 0 Å². The van der Waals surface area contributed by atoms with Crippen LogP contribution in [0.3, 0.4) is 0 Å². The molecule has 0 spiro atoms. The zero-order valence-electron chi connectivity index (χ0n) is 10.2. The molecule has 2 aromatic rings. The Kier molecular flexibility index (Phi) is 4.30. The third-order valence-electron chi connectivity index (χ3n) is 2.97. The molecule has 0 aromatic heterocycles. The Hall–Kier alpha value is -0.580. The predicted octanol–water partition coefficient (Wildman–Crippen LogP) is 4.36. The highest BCUT2D eigenvalue weighted by Crippen LogP contribution is 2.28. The number of nitrogens with two attached hydrogens (primary N) is 1. The minimum Gasteiger partial charge on any atom is -0.321 e. The summed E-state index contributed by atoms with van der Waals surface area (Å²) < 4.78 is 1.23. The molecule has 1 nitrogen and oxygen atoms in total. The summed E-state index contributed by atoms with van der Waals surface area (Å²) in [7, 11) is 0. The lowest BCUT2D eigenvalue weighted by Gasteiger charge is -2.26. The Morgan fingerprint density at radius 3 is 2.33 bits per heavy atom. The molecule has 0 saturated heterocycles. The van der Waals surface area contributed by atoms with Crippen molar-refractivity contribution in [1.82, 2.24) is 0 Å². The highest BCUT2D eigenvalue weighted by molar-refractivity contribution is 14.1. The second-order valence-corrected chi connectivity index (χ2v) is 6.35. The van der Waals surface area contributed by atoms with Gasteiger partial charge < -0.3 is 5.73 Å². The van der Waals surface area contributed by atoms with Crippen molar-refractivity contribution in [1.29, 1.82) is 0 Å². The number of rotatable bonds is 3. The van der Waals surface area contributed by atoms with Crippen LogP contribution in [0.15, 0.2) is 48.5 Å². The van der Waals surface area contributed by atoms with E-state index in [1.165, 1.54) is 9.13 Å². The lowest BCUT2D eigenvalue weighted by Crippen LogP contribution is -2.35. The largest absolute Gasteiger partial charge is 0.321 e. The van der Waals surface area contributed by atoms with Crippen LogP contribution < -0.4 is 5.73 Å². The molecule has 0 radical (unpaired) electrons. The summed E-state index contributed by atoms with van der Waals surface area (Å²) >= 11 is 8.52. The van der Waals surface area contributed by atoms with E-state index < -0.39 is 5.54 Å². The monoisotopic (exact) mass is 371 g/mol. The van der Waals surface area contributed by atoms with Gasteiger partial charge in [0.2, 0.25) is 0 Å². The van der Waals surface area contributed by atoms with Crippen molar-refractivity contribution in [3.63, 3.8) is 0 Å². The van der Waals surface area contributed by atoms with Crippen molar-refractivity contribution in [2.45, 2.75) is 18.9 Å². The maximum Gasteiger partial charge on any atom is 0.0456 e. The van der Waals surface area contributed by atoms with Gasteiger partial charge in [0.05, 0.1) is 0 Å². The molecule has 0 aliphatic heterocycles. The fourth-order valence-electron chi connectivity index (χ4n) is 2.05. The van der Waals surface area contributed by atoms with Crippen LogP contribution in [0.4, 0.5) is 0 Å². The summed E-state index contributed by atoms with van der Waals surface area (Å²) in [5.74, 6) is 0. The zero-order valence-corrected chi connectivity index (χ0v) is 13.1. The van der Waals surface area contributed by atoms with Crippen molar-refractivity contribution in [2.75, 3.05) is 0 Å². The lowest BCUT2D eigenvalue weighted by molar-refractivity contribution is 0.491. The third kappa shape index (κ3) is 3.25. The average Bonchev–Trinajstić information content (AvgIpc) is 2.32. The summed E-state index contributed by atoms with van der Waals surface area (Å²) in [4.78, 5) is 0. The van der Waals surface area contributed by atoms with Crippen LogP contribution in [0.2, 0.25) is 5.02 Å². The quantitative estimate of drug-likeness (QED) is 0.797. The normalized spacial score (nSPS) is 14.2. The molecule has 0 heterocycles. The molecular weight excluding hydrogens is 357 g/mol. The molecule has 0 amide bonds. The molecule has 0 aliphatic rings. The first-order valence-corrected chi connectivity index (χ1v) is 7.23. The minimum atomic E-state index is -0.453. The molecule has 0 saturated carbocycles. The Labute approximate surface area is 126 Å². The molecule has 3 heteroatoms. The molecule has 0 fully saturated rings. The van der Waals surface area contributed by atoms with Gasteiger partial charge in [0.1, 0.15) is 0 Å². The number of benzene rings is 2. The fourth-order valence-corrected chi connectivity index (χ4v) is 2.76. The Balaban J connectivity index is 2.27. The molecule has 0 aliphatic carbocycles. The van der Waals surface area contributed by atoms with Crippen LogP contribution in [-0.2, 0) is 12.0 Å². The van der Waals surface area contributed by atoms with Crippen molar-refractivity contribution in [2.24, 2.45) is 5.73 Å². The third-order valence-corrected chi connectivity index (χ3v) is 4.02. The fraction of sp³-hybridized carbons (Fsp3) is 0.200. The number of hydrogen-bond acceptors (Lipinski definition) is 1. The number of hydrogen-bond donors (Lipinski definition) is 1. The lowest BCUT2D eigenvalue weighted by atomic mass is 9.86. The Morgan fingerprint density at radius 2 is 1.72 bits per heavy atom. The van der Waals surface area contributed by atoms with Gasteiger partial charge in [-0.3, -0.25) is 0 Å². The van der Waals surface area contributed by atoms with Crippen LogP contribution in [0.25, 0.3) is 0 Å². The van der Waals surface area contributed by atoms with Crippen molar-refractivity contribution >= 4 is 34.2 Å².